The van der Waals surface area contributed by atoms with Crippen LogP contribution in [0.15, 0.2) is 36.4 Å². The van der Waals surface area contributed by atoms with Gasteiger partial charge in [0.05, 0.1) is 7.11 Å². The fourth-order valence-electron chi connectivity index (χ4n) is 3.15. The van der Waals surface area contributed by atoms with Crippen molar-refractivity contribution >= 4 is 15.1 Å². The Hall–Kier alpha value is -1.73. The summed E-state index contributed by atoms with van der Waals surface area (Å²) in [5, 5.41) is 12.8. The van der Waals surface area contributed by atoms with Gasteiger partial charge in [-0.2, -0.15) is 0 Å². The van der Waals surface area contributed by atoms with Gasteiger partial charge in [-0.25, -0.2) is 0 Å². The highest BCUT2D eigenvalue weighted by molar-refractivity contribution is 7.18. The molecule has 2 N–H and O–H groups in total. The van der Waals surface area contributed by atoms with Crippen molar-refractivity contribution in [2.24, 2.45) is 0 Å². The van der Waals surface area contributed by atoms with Crippen molar-refractivity contribution in [3.05, 3.63) is 53.1 Å². The van der Waals surface area contributed by atoms with E-state index in [0.29, 0.717) is 11.7 Å². The Morgan fingerprint density at radius 2 is 2.05 bits per heavy atom. The van der Waals surface area contributed by atoms with Crippen molar-refractivity contribution in [2.75, 3.05) is 12.2 Å². The van der Waals surface area contributed by atoms with E-state index in [1.807, 2.05) is 24.3 Å². The average Bonchev–Trinajstić information content (AvgIpc) is 2.53. The first-order valence-electron chi connectivity index (χ1n) is 7.16. The summed E-state index contributed by atoms with van der Waals surface area (Å²) in [5.74, 6) is 1.73. The fraction of sp³-hybridized carbons (Fsp3) is 0.294. The fourth-order valence-corrected chi connectivity index (χ4v) is 3.40. The lowest BCUT2D eigenvalue weighted by Gasteiger charge is -2.27. The monoisotopic (exact) mass is 301 g/mol. The maximum Gasteiger partial charge on any atom is 0.120 e. The summed E-state index contributed by atoms with van der Waals surface area (Å²) < 4.78 is 5.29. The predicted octanol–water partition coefficient (Wildman–Crippen LogP) is 3.88. The highest BCUT2D eigenvalue weighted by atomic mass is 31.0. The minimum atomic E-state index is 0.365. The number of nitrogens with one attached hydrogen (secondary N) is 1. The van der Waals surface area contributed by atoms with Gasteiger partial charge in [-0.1, -0.05) is 12.1 Å². The van der Waals surface area contributed by atoms with E-state index in [2.05, 4.69) is 20.5 Å². The van der Waals surface area contributed by atoms with E-state index in [1.54, 1.807) is 13.2 Å². The highest BCUT2D eigenvalue weighted by Crippen LogP contribution is 2.38. The summed E-state index contributed by atoms with van der Waals surface area (Å²) in [6.07, 6.45) is 3.13. The molecule has 2 atom stereocenters. The van der Waals surface area contributed by atoms with Gasteiger partial charge in [-0.15, -0.1) is 0 Å². The summed E-state index contributed by atoms with van der Waals surface area (Å²) in [6, 6.07) is 11.9. The van der Waals surface area contributed by atoms with Crippen LogP contribution in [0.5, 0.6) is 11.5 Å². The first kappa shape index (κ1) is 14.2. The van der Waals surface area contributed by atoms with Crippen molar-refractivity contribution in [1.82, 2.24) is 0 Å². The number of benzene rings is 2. The van der Waals surface area contributed by atoms with Gasteiger partial charge in [0.2, 0.25) is 0 Å². The van der Waals surface area contributed by atoms with Crippen LogP contribution in [0.2, 0.25) is 0 Å². The van der Waals surface area contributed by atoms with Gasteiger partial charge in [-0.3, -0.25) is 0 Å². The van der Waals surface area contributed by atoms with Crippen molar-refractivity contribution in [2.45, 2.75) is 25.2 Å². The minimum Gasteiger partial charge on any atom is -0.508 e. The van der Waals surface area contributed by atoms with Crippen molar-refractivity contribution in [1.29, 1.82) is 0 Å². The van der Waals surface area contributed by atoms with Crippen LogP contribution < -0.4 is 9.82 Å². The molecule has 2 aromatic rings. The van der Waals surface area contributed by atoms with E-state index in [0.717, 1.165) is 30.7 Å². The molecule has 21 heavy (non-hydrogen) atoms. The number of rotatable bonds is 3. The van der Waals surface area contributed by atoms with Crippen LogP contribution in [-0.2, 0) is 12.8 Å². The lowest BCUT2D eigenvalue weighted by atomic mass is 9.79. The van der Waals surface area contributed by atoms with Crippen molar-refractivity contribution in [3.8, 4) is 11.5 Å². The SMILES string of the molecule is COc1ccc([C@@H]2CCc3cc(O)ccc3C2)c(NP)c1. The molecular weight excluding hydrogens is 281 g/mol. The van der Waals surface area contributed by atoms with Gasteiger partial charge in [-0.05, 0) is 69.5 Å². The third-order valence-corrected chi connectivity index (χ3v) is 4.59. The van der Waals surface area contributed by atoms with Crippen LogP contribution in [0, 0.1) is 0 Å². The smallest absolute Gasteiger partial charge is 0.120 e. The van der Waals surface area contributed by atoms with Crippen LogP contribution in [0.4, 0.5) is 5.69 Å². The number of methoxy groups -OCH3 is 1. The Bertz CT molecular complexity index is 657. The Balaban J connectivity index is 1.90. The summed E-state index contributed by atoms with van der Waals surface area (Å²) >= 11 is 0. The highest BCUT2D eigenvalue weighted by Gasteiger charge is 2.22. The average molecular weight is 301 g/mol. The third-order valence-electron chi connectivity index (χ3n) is 4.27. The van der Waals surface area contributed by atoms with Crippen molar-refractivity contribution in [3.63, 3.8) is 0 Å². The third kappa shape index (κ3) is 2.84. The second kappa shape index (κ2) is 5.95. The molecule has 0 amide bonds. The van der Waals surface area contributed by atoms with E-state index in [9.17, 15) is 5.11 Å². The Morgan fingerprint density at radius 1 is 1.19 bits per heavy atom. The van der Waals surface area contributed by atoms with Gasteiger partial charge in [0.1, 0.15) is 11.5 Å². The van der Waals surface area contributed by atoms with E-state index in [-0.39, 0.29) is 0 Å². The molecule has 0 aromatic heterocycles. The Kier molecular flexibility index (Phi) is 4.03. The van der Waals surface area contributed by atoms with Crippen LogP contribution in [0.1, 0.15) is 29.0 Å². The molecule has 0 radical (unpaired) electrons. The van der Waals surface area contributed by atoms with Gasteiger partial charge in [0.15, 0.2) is 0 Å². The molecule has 0 spiro atoms. The normalized spacial score (nSPS) is 17.1. The zero-order chi connectivity index (χ0) is 14.8. The number of phenolic OH excluding ortho intramolecular Hbond substituents is 1. The number of hydrogen-bond donors (Lipinski definition) is 2. The first-order valence-corrected chi connectivity index (χ1v) is 7.74. The van der Waals surface area contributed by atoms with Crippen LogP contribution in [-0.4, -0.2) is 12.2 Å². The number of hydrogen-bond acceptors (Lipinski definition) is 3. The molecule has 1 unspecified atom stereocenters. The molecule has 110 valence electrons. The summed E-state index contributed by atoms with van der Waals surface area (Å²) in [7, 11) is 4.25. The van der Waals surface area contributed by atoms with Crippen molar-refractivity contribution < 1.29 is 9.84 Å². The van der Waals surface area contributed by atoms with Gasteiger partial charge in [0, 0.05) is 11.8 Å². The number of phenols is 1. The summed E-state index contributed by atoms with van der Waals surface area (Å²) in [5.41, 5.74) is 5.05. The predicted molar refractivity (Wildman–Crippen MR) is 89.2 cm³/mol. The Labute approximate surface area is 127 Å². The van der Waals surface area contributed by atoms with E-state index in [4.69, 9.17) is 4.74 Å². The second-order valence-electron chi connectivity index (χ2n) is 5.49. The van der Waals surface area contributed by atoms with Gasteiger partial charge < -0.3 is 14.9 Å². The zero-order valence-electron chi connectivity index (χ0n) is 12.1. The molecule has 0 saturated carbocycles. The molecule has 4 heteroatoms. The number of anilines is 1. The van der Waals surface area contributed by atoms with E-state index < -0.39 is 0 Å². The molecule has 1 aliphatic rings. The molecule has 0 aliphatic heterocycles. The lowest BCUT2D eigenvalue weighted by molar-refractivity contribution is 0.414. The number of aryl methyl sites for hydroxylation is 1. The molecule has 0 fully saturated rings. The number of fused-ring (bicyclic) bond motifs is 1. The van der Waals surface area contributed by atoms with Gasteiger partial charge in [0.25, 0.3) is 0 Å². The lowest BCUT2D eigenvalue weighted by Crippen LogP contribution is -2.13. The maximum atomic E-state index is 9.58. The number of ether oxygens (including phenoxy) is 1. The summed E-state index contributed by atoms with van der Waals surface area (Å²) in [4.78, 5) is 0. The molecular formula is C17H20NO2P. The number of aromatic hydroxyl groups is 1. The van der Waals surface area contributed by atoms with Crippen LogP contribution >= 0.6 is 9.39 Å². The second-order valence-corrected chi connectivity index (χ2v) is 5.78. The standard InChI is InChI=1S/C17H20NO2P/c1-20-15-6-7-16(17(10-15)18-21)13-3-2-12-9-14(19)5-4-11(12)8-13/h4-7,9-10,13,18-19H,2-3,8,21H2,1H3/t13-/m1/s1. The minimum absolute atomic E-state index is 0.365. The summed E-state index contributed by atoms with van der Waals surface area (Å²) in [6.45, 7) is 0. The van der Waals surface area contributed by atoms with Crippen LogP contribution in [0.3, 0.4) is 0 Å². The molecule has 0 saturated heterocycles. The Morgan fingerprint density at radius 3 is 2.81 bits per heavy atom. The molecule has 2 aromatic carbocycles. The largest absolute Gasteiger partial charge is 0.508 e. The van der Waals surface area contributed by atoms with Gasteiger partial charge >= 0.3 is 0 Å². The van der Waals surface area contributed by atoms with E-state index in [1.165, 1.54) is 16.7 Å². The zero-order valence-corrected chi connectivity index (χ0v) is 13.3. The molecule has 0 heterocycles. The maximum absolute atomic E-state index is 9.58. The molecule has 3 rings (SSSR count). The first-order chi connectivity index (χ1) is 10.2. The molecule has 0 bridgehead atoms. The molecule has 3 nitrogen and oxygen atoms in total. The van der Waals surface area contributed by atoms with E-state index >= 15 is 0 Å². The topological polar surface area (TPSA) is 41.5 Å². The molecule has 1 aliphatic carbocycles. The van der Waals surface area contributed by atoms with Crippen LogP contribution in [0.25, 0.3) is 0 Å². The quantitative estimate of drug-likeness (QED) is 0.846.